The largest absolute Gasteiger partial charge is 0.481 e. The van der Waals surface area contributed by atoms with Gasteiger partial charge in [-0.2, -0.15) is 0 Å². The van der Waals surface area contributed by atoms with E-state index in [1.165, 1.54) is 19.3 Å². The molecule has 1 aromatic carbocycles. The van der Waals surface area contributed by atoms with Gasteiger partial charge in [-0.15, -0.1) is 0 Å². The van der Waals surface area contributed by atoms with E-state index in [1.807, 2.05) is 6.92 Å². The molecule has 2 atom stereocenters. The number of carboxylic acid groups (broad SMARTS) is 1. The van der Waals surface area contributed by atoms with E-state index in [1.54, 1.807) is 18.2 Å². The highest BCUT2D eigenvalue weighted by molar-refractivity contribution is 6.33. The Morgan fingerprint density at radius 2 is 2.00 bits per heavy atom. The predicted octanol–water partition coefficient (Wildman–Crippen LogP) is 4.31. The van der Waals surface area contributed by atoms with Crippen molar-refractivity contribution in [2.24, 2.45) is 11.8 Å². The van der Waals surface area contributed by atoms with E-state index in [9.17, 15) is 9.90 Å². The van der Waals surface area contributed by atoms with Gasteiger partial charge >= 0.3 is 5.97 Å². The van der Waals surface area contributed by atoms with Crippen molar-refractivity contribution in [2.75, 3.05) is 5.73 Å². The van der Waals surface area contributed by atoms with Crippen molar-refractivity contribution in [2.45, 2.75) is 44.9 Å². The first-order chi connectivity index (χ1) is 9.52. The molecule has 2 unspecified atom stereocenters. The molecule has 0 spiro atoms. The van der Waals surface area contributed by atoms with E-state index in [0.717, 1.165) is 12.8 Å². The number of halogens is 1. The van der Waals surface area contributed by atoms with E-state index >= 15 is 0 Å². The first-order valence-corrected chi connectivity index (χ1v) is 7.67. The van der Waals surface area contributed by atoms with Gasteiger partial charge < -0.3 is 10.8 Å². The second kappa shape index (κ2) is 6.49. The molecule has 1 fully saturated rings. The molecule has 1 aromatic rings. The summed E-state index contributed by atoms with van der Waals surface area (Å²) in [6.07, 6.45) is 5.90. The molecule has 2 rings (SSSR count). The van der Waals surface area contributed by atoms with Crippen LogP contribution in [0.15, 0.2) is 18.2 Å². The lowest BCUT2D eigenvalue weighted by atomic mass is 9.72. The number of hydrogen-bond acceptors (Lipinski definition) is 2. The van der Waals surface area contributed by atoms with E-state index in [0.29, 0.717) is 22.2 Å². The highest BCUT2D eigenvalue weighted by Crippen LogP contribution is 2.41. The predicted molar refractivity (Wildman–Crippen MR) is 82.0 cm³/mol. The van der Waals surface area contributed by atoms with Gasteiger partial charge in [0.15, 0.2) is 0 Å². The number of nitrogens with two attached hydrogens (primary N) is 1. The molecule has 0 saturated heterocycles. The molecular formula is C16H22ClNO2. The number of hydrogen-bond donors (Lipinski definition) is 2. The molecule has 3 N–H and O–H groups in total. The first kappa shape index (κ1) is 15.2. The molecule has 0 aliphatic heterocycles. The quantitative estimate of drug-likeness (QED) is 0.814. The number of nitrogen functional groups attached to an aromatic ring is 1. The van der Waals surface area contributed by atoms with Gasteiger partial charge in [-0.3, -0.25) is 4.79 Å². The smallest absolute Gasteiger partial charge is 0.311 e. The summed E-state index contributed by atoms with van der Waals surface area (Å²) in [6.45, 7) is 2.04. The maximum atomic E-state index is 11.7. The molecule has 20 heavy (non-hydrogen) atoms. The molecule has 0 amide bonds. The van der Waals surface area contributed by atoms with Crippen LogP contribution < -0.4 is 5.73 Å². The van der Waals surface area contributed by atoms with Crippen LogP contribution in [0.2, 0.25) is 5.02 Å². The van der Waals surface area contributed by atoms with Crippen LogP contribution in [0.5, 0.6) is 0 Å². The molecule has 0 aromatic heterocycles. The lowest BCUT2D eigenvalue weighted by Crippen LogP contribution is -2.27. The van der Waals surface area contributed by atoms with Crippen LogP contribution in [0.3, 0.4) is 0 Å². The molecule has 1 aliphatic carbocycles. The summed E-state index contributed by atoms with van der Waals surface area (Å²) in [5, 5.41) is 10.1. The van der Waals surface area contributed by atoms with E-state index in [-0.39, 0.29) is 5.92 Å². The summed E-state index contributed by atoms with van der Waals surface area (Å²) >= 11 is 6.04. The zero-order valence-corrected chi connectivity index (χ0v) is 12.6. The minimum atomic E-state index is -0.808. The third kappa shape index (κ3) is 3.09. The van der Waals surface area contributed by atoms with Crippen molar-refractivity contribution >= 4 is 23.3 Å². The van der Waals surface area contributed by atoms with Crippen LogP contribution in [-0.2, 0) is 4.79 Å². The Labute approximate surface area is 125 Å². The maximum absolute atomic E-state index is 11.7. The second-order valence-corrected chi connectivity index (χ2v) is 6.22. The van der Waals surface area contributed by atoms with Crippen LogP contribution in [-0.4, -0.2) is 11.1 Å². The fourth-order valence-electron chi connectivity index (χ4n) is 3.40. The average Bonchev–Trinajstić information content (AvgIpc) is 2.44. The van der Waals surface area contributed by atoms with Crippen LogP contribution in [0, 0.1) is 11.8 Å². The molecule has 4 heteroatoms. The Bertz CT molecular complexity index is 483. The third-order valence-corrected chi connectivity index (χ3v) is 4.94. The summed E-state index contributed by atoms with van der Waals surface area (Å²) in [7, 11) is 0. The number of carboxylic acids is 1. The van der Waals surface area contributed by atoms with Crippen molar-refractivity contribution in [1.82, 2.24) is 0 Å². The lowest BCUT2D eigenvalue weighted by molar-refractivity contribution is -0.140. The highest BCUT2D eigenvalue weighted by Gasteiger charge is 2.34. The molecular weight excluding hydrogens is 274 g/mol. The van der Waals surface area contributed by atoms with Gasteiger partial charge in [-0.25, -0.2) is 0 Å². The minimum absolute atomic E-state index is 0.0774. The Balaban J connectivity index is 2.30. The van der Waals surface area contributed by atoms with Gasteiger partial charge in [-0.1, -0.05) is 62.8 Å². The van der Waals surface area contributed by atoms with Crippen LogP contribution in [0.1, 0.15) is 50.5 Å². The van der Waals surface area contributed by atoms with Gasteiger partial charge in [0.25, 0.3) is 0 Å². The highest BCUT2D eigenvalue weighted by atomic mass is 35.5. The number of aliphatic carboxylic acids is 1. The lowest BCUT2D eigenvalue weighted by Gasteiger charge is -2.32. The normalized spacial score (nSPS) is 19.5. The molecule has 1 aliphatic rings. The van der Waals surface area contributed by atoms with Crippen LogP contribution in [0.4, 0.5) is 5.69 Å². The van der Waals surface area contributed by atoms with E-state index in [4.69, 9.17) is 17.3 Å². The van der Waals surface area contributed by atoms with Crippen LogP contribution >= 0.6 is 11.6 Å². The van der Waals surface area contributed by atoms with Crippen molar-refractivity contribution < 1.29 is 9.90 Å². The summed E-state index contributed by atoms with van der Waals surface area (Å²) in [5.41, 5.74) is 7.06. The van der Waals surface area contributed by atoms with E-state index in [2.05, 4.69) is 0 Å². The Morgan fingerprint density at radius 3 is 2.60 bits per heavy atom. The monoisotopic (exact) mass is 295 g/mol. The zero-order valence-electron chi connectivity index (χ0n) is 11.8. The molecule has 0 bridgehead atoms. The second-order valence-electron chi connectivity index (χ2n) is 5.82. The maximum Gasteiger partial charge on any atom is 0.311 e. The van der Waals surface area contributed by atoms with Crippen molar-refractivity contribution in [3.63, 3.8) is 0 Å². The van der Waals surface area contributed by atoms with Gasteiger partial charge in [0, 0.05) is 0 Å². The molecule has 0 radical (unpaired) electrons. The third-order valence-electron chi connectivity index (χ3n) is 4.61. The molecule has 3 nitrogen and oxygen atoms in total. The standard InChI is InChI=1S/C16H22ClNO2/c1-10(11-6-3-2-4-7-11)14(16(19)20)12-8-5-9-13(17)15(12)18/h5,8-11,14H,2-4,6-7,18H2,1H3,(H,19,20). The summed E-state index contributed by atoms with van der Waals surface area (Å²) in [5.74, 6) is -0.842. The summed E-state index contributed by atoms with van der Waals surface area (Å²) in [4.78, 5) is 11.7. The Morgan fingerprint density at radius 1 is 1.35 bits per heavy atom. The van der Waals surface area contributed by atoms with Crippen molar-refractivity contribution in [1.29, 1.82) is 0 Å². The SMILES string of the molecule is CC(C1CCCCC1)C(C(=O)O)c1cccc(Cl)c1N. The molecule has 110 valence electrons. The first-order valence-electron chi connectivity index (χ1n) is 7.29. The number of anilines is 1. The fourth-order valence-corrected chi connectivity index (χ4v) is 3.58. The summed E-state index contributed by atoms with van der Waals surface area (Å²) in [6, 6.07) is 5.27. The van der Waals surface area contributed by atoms with Gasteiger partial charge in [-0.05, 0) is 23.5 Å². The average molecular weight is 296 g/mol. The topological polar surface area (TPSA) is 63.3 Å². The number of rotatable bonds is 4. The number of benzene rings is 1. The van der Waals surface area contributed by atoms with Gasteiger partial charge in [0.05, 0.1) is 16.6 Å². The van der Waals surface area contributed by atoms with Gasteiger partial charge in [0.1, 0.15) is 0 Å². The van der Waals surface area contributed by atoms with Crippen molar-refractivity contribution in [3.05, 3.63) is 28.8 Å². The fraction of sp³-hybridized carbons (Fsp3) is 0.562. The zero-order chi connectivity index (χ0) is 14.7. The number of para-hydroxylation sites is 1. The molecule has 0 heterocycles. The molecule has 1 saturated carbocycles. The Hall–Kier alpha value is -1.22. The minimum Gasteiger partial charge on any atom is -0.481 e. The summed E-state index contributed by atoms with van der Waals surface area (Å²) < 4.78 is 0. The van der Waals surface area contributed by atoms with Crippen molar-refractivity contribution in [3.8, 4) is 0 Å². The van der Waals surface area contributed by atoms with Gasteiger partial charge in [0.2, 0.25) is 0 Å². The van der Waals surface area contributed by atoms with Crippen LogP contribution in [0.25, 0.3) is 0 Å². The number of carbonyl (C=O) groups is 1. The Kier molecular flexibility index (Phi) is 4.92. The van der Waals surface area contributed by atoms with E-state index < -0.39 is 11.9 Å².